The molecule has 0 atom stereocenters. The molecule has 0 fully saturated rings. The van der Waals surface area contributed by atoms with E-state index in [4.69, 9.17) is 18.7 Å². The molecule has 0 radical (unpaired) electrons. The fourth-order valence-electron chi connectivity index (χ4n) is 3.22. The second-order valence-corrected chi connectivity index (χ2v) is 7.07. The maximum absolute atomic E-state index is 13.2. The number of hydrogen-bond acceptors (Lipinski definition) is 8. The molecule has 0 saturated carbocycles. The largest absolute Gasteiger partial charge is 0.493 e. The Bertz CT molecular complexity index is 1080. The van der Waals surface area contributed by atoms with E-state index in [0.29, 0.717) is 45.7 Å². The normalized spacial score (nSPS) is 10.7. The van der Waals surface area contributed by atoms with Gasteiger partial charge < -0.3 is 23.6 Å². The molecule has 31 heavy (non-hydrogen) atoms. The lowest BCUT2D eigenvalue weighted by Crippen LogP contribution is -2.27. The van der Waals surface area contributed by atoms with E-state index >= 15 is 0 Å². The molecule has 0 aliphatic carbocycles. The number of hydrogen-bond donors (Lipinski definition) is 0. The van der Waals surface area contributed by atoms with Gasteiger partial charge in [-0.2, -0.15) is 0 Å². The maximum Gasteiger partial charge on any atom is 0.254 e. The number of carbonyl (C=O) groups is 1. The lowest BCUT2D eigenvalue weighted by Gasteiger charge is -2.20. The molecule has 1 aromatic carbocycles. The van der Waals surface area contributed by atoms with Crippen molar-refractivity contribution in [3.8, 4) is 28.6 Å². The van der Waals surface area contributed by atoms with Gasteiger partial charge >= 0.3 is 0 Å². The van der Waals surface area contributed by atoms with Crippen molar-refractivity contribution in [2.24, 2.45) is 0 Å². The molecule has 0 bridgehead atoms. The molecule has 1 amide bonds. The fourth-order valence-corrected chi connectivity index (χ4v) is 3.22. The number of amides is 1. The standard InChI is InChI=1S/C22H26N4O5/c1-12-13(2)25-31-20(12)16-10-23-14(3)24-17(16)11-26(4)22(27)15-8-18(28-5)21(30-7)19(9-15)29-6/h8-10H,11H2,1-7H3. The number of benzene rings is 1. The van der Waals surface area contributed by atoms with Crippen LogP contribution in [0.25, 0.3) is 11.3 Å². The number of aryl methyl sites for hydroxylation is 2. The van der Waals surface area contributed by atoms with E-state index in [9.17, 15) is 4.79 Å². The average Bonchev–Trinajstić information content (AvgIpc) is 3.10. The molecule has 0 N–H and O–H groups in total. The lowest BCUT2D eigenvalue weighted by molar-refractivity contribution is 0.0782. The van der Waals surface area contributed by atoms with Crippen LogP contribution in [-0.2, 0) is 6.54 Å². The first-order chi connectivity index (χ1) is 14.8. The predicted molar refractivity (Wildman–Crippen MR) is 114 cm³/mol. The molecule has 164 valence electrons. The summed E-state index contributed by atoms with van der Waals surface area (Å²) in [6, 6.07) is 3.24. The molecule has 0 aliphatic heterocycles. The summed E-state index contributed by atoms with van der Waals surface area (Å²) in [4.78, 5) is 23.6. The topological polar surface area (TPSA) is 99.8 Å². The van der Waals surface area contributed by atoms with Crippen molar-refractivity contribution >= 4 is 5.91 Å². The van der Waals surface area contributed by atoms with Crippen LogP contribution in [0, 0.1) is 20.8 Å². The first-order valence-corrected chi connectivity index (χ1v) is 9.61. The third-order valence-corrected chi connectivity index (χ3v) is 5.04. The van der Waals surface area contributed by atoms with Gasteiger partial charge in [0.2, 0.25) is 5.75 Å². The third kappa shape index (κ3) is 4.30. The molecule has 3 aromatic rings. The zero-order chi connectivity index (χ0) is 22.7. The lowest BCUT2D eigenvalue weighted by atomic mass is 10.1. The van der Waals surface area contributed by atoms with Gasteiger partial charge in [0.15, 0.2) is 17.3 Å². The van der Waals surface area contributed by atoms with Crippen LogP contribution in [0.1, 0.15) is 33.1 Å². The second kappa shape index (κ2) is 9.03. The van der Waals surface area contributed by atoms with Gasteiger partial charge in [-0.25, -0.2) is 9.97 Å². The summed E-state index contributed by atoms with van der Waals surface area (Å²) in [6.45, 7) is 5.84. The maximum atomic E-state index is 13.2. The van der Waals surface area contributed by atoms with Crippen molar-refractivity contribution in [2.75, 3.05) is 28.4 Å². The number of nitrogens with zero attached hydrogens (tertiary/aromatic N) is 4. The number of rotatable bonds is 7. The zero-order valence-corrected chi connectivity index (χ0v) is 18.8. The number of carbonyl (C=O) groups excluding carboxylic acids is 1. The van der Waals surface area contributed by atoms with Gasteiger partial charge in [-0.05, 0) is 32.9 Å². The van der Waals surface area contributed by atoms with Crippen LogP contribution < -0.4 is 14.2 Å². The highest BCUT2D eigenvalue weighted by Gasteiger charge is 2.22. The van der Waals surface area contributed by atoms with Crippen LogP contribution in [-0.4, -0.2) is 54.3 Å². The second-order valence-electron chi connectivity index (χ2n) is 7.07. The predicted octanol–water partition coefficient (Wildman–Crippen LogP) is 3.35. The Morgan fingerprint density at radius 2 is 1.71 bits per heavy atom. The Hall–Kier alpha value is -3.62. The Balaban J connectivity index is 1.95. The van der Waals surface area contributed by atoms with Crippen molar-refractivity contribution in [3.05, 3.63) is 46.7 Å². The monoisotopic (exact) mass is 426 g/mol. The quantitative estimate of drug-likeness (QED) is 0.567. The van der Waals surface area contributed by atoms with Gasteiger partial charge in [-0.3, -0.25) is 4.79 Å². The van der Waals surface area contributed by atoms with E-state index in [1.54, 1.807) is 37.2 Å². The molecule has 2 heterocycles. The van der Waals surface area contributed by atoms with Crippen molar-refractivity contribution < 1.29 is 23.5 Å². The van der Waals surface area contributed by atoms with Crippen LogP contribution in [0.3, 0.4) is 0 Å². The smallest absolute Gasteiger partial charge is 0.254 e. The summed E-state index contributed by atoms with van der Waals surface area (Å²) in [5.41, 5.74) is 3.47. The molecule has 0 saturated heterocycles. The number of methoxy groups -OCH3 is 3. The summed E-state index contributed by atoms with van der Waals surface area (Å²) in [7, 11) is 6.23. The van der Waals surface area contributed by atoms with Crippen LogP contribution in [0.15, 0.2) is 22.9 Å². The van der Waals surface area contributed by atoms with Gasteiger partial charge in [0.25, 0.3) is 5.91 Å². The van der Waals surface area contributed by atoms with E-state index in [0.717, 1.165) is 11.3 Å². The number of ether oxygens (including phenoxy) is 3. The average molecular weight is 426 g/mol. The van der Waals surface area contributed by atoms with Gasteiger partial charge in [-0.15, -0.1) is 0 Å². The molecular weight excluding hydrogens is 400 g/mol. The first kappa shape index (κ1) is 22.1. The molecule has 0 aliphatic rings. The summed E-state index contributed by atoms with van der Waals surface area (Å²) in [5, 5.41) is 4.02. The third-order valence-electron chi connectivity index (χ3n) is 5.04. The summed E-state index contributed by atoms with van der Waals surface area (Å²) >= 11 is 0. The van der Waals surface area contributed by atoms with Crippen LogP contribution >= 0.6 is 0 Å². The highest BCUT2D eigenvalue weighted by atomic mass is 16.5. The van der Waals surface area contributed by atoms with E-state index in [1.807, 2.05) is 13.8 Å². The van der Waals surface area contributed by atoms with E-state index in [1.165, 1.54) is 21.3 Å². The number of aromatic nitrogens is 3. The molecule has 0 unspecified atom stereocenters. The SMILES string of the molecule is COc1cc(C(=O)N(C)Cc2nc(C)ncc2-c2onc(C)c2C)cc(OC)c1OC. The Morgan fingerprint density at radius 1 is 1.06 bits per heavy atom. The zero-order valence-electron chi connectivity index (χ0n) is 18.8. The van der Waals surface area contributed by atoms with Crippen LogP contribution in [0.5, 0.6) is 17.2 Å². The highest BCUT2D eigenvalue weighted by Crippen LogP contribution is 2.38. The Labute approximate surface area is 180 Å². The minimum Gasteiger partial charge on any atom is -0.493 e. The van der Waals surface area contributed by atoms with Gasteiger partial charge in [0, 0.05) is 24.4 Å². The van der Waals surface area contributed by atoms with Crippen LogP contribution in [0.2, 0.25) is 0 Å². The van der Waals surface area contributed by atoms with Crippen molar-refractivity contribution in [1.29, 1.82) is 0 Å². The van der Waals surface area contributed by atoms with E-state index < -0.39 is 0 Å². The van der Waals surface area contributed by atoms with Crippen LogP contribution in [0.4, 0.5) is 0 Å². The Morgan fingerprint density at radius 3 is 2.23 bits per heavy atom. The summed E-state index contributed by atoms with van der Waals surface area (Å²) in [6.07, 6.45) is 1.70. The summed E-state index contributed by atoms with van der Waals surface area (Å²) < 4.78 is 21.5. The molecule has 2 aromatic heterocycles. The minimum absolute atomic E-state index is 0.230. The first-order valence-electron chi connectivity index (χ1n) is 9.61. The van der Waals surface area contributed by atoms with Crippen molar-refractivity contribution in [1.82, 2.24) is 20.0 Å². The molecule has 9 heteroatoms. The molecule has 3 rings (SSSR count). The summed E-state index contributed by atoms with van der Waals surface area (Å²) in [5.74, 6) is 2.21. The molecular formula is C22H26N4O5. The van der Waals surface area contributed by atoms with E-state index in [-0.39, 0.29) is 12.5 Å². The minimum atomic E-state index is -0.230. The van der Waals surface area contributed by atoms with Gasteiger partial charge in [0.1, 0.15) is 5.82 Å². The van der Waals surface area contributed by atoms with E-state index in [2.05, 4.69) is 15.1 Å². The molecule has 9 nitrogen and oxygen atoms in total. The highest BCUT2D eigenvalue weighted by molar-refractivity contribution is 5.95. The van der Waals surface area contributed by atoms with Crippen molar-refractivity contribution in [3.63, 3.8) is 0 Å². The fraction of sp³-hybridized carbons (Fsp3) is 0.364. The van der Waals surface area contributed by atoms with Crippen molar-refractivity contribution in [2.45, 2.75) is 27.3 Å². The van der Waals surface area contributed by atoms with Gasteiger partial charge in [0.05, 0.1) is 44.8 Å². The molecule has 0 spiro atoms. The van der Waals surface area contributed by atoms with Gasteiger partial charge in [-0.1, -0.05) is 5.16 Å². The Kier molecular flexibility index (Phi) is 6.43.